The normalized spacial score (nSPS) is 33.3. The molecule has 1 saturated heterocycles. The van der Waals surface area contributed by atoms with Gasteiger partial charge < -0.3 is 20.4 Å². The van der Waals surface area contributed by atoms with Crippen molar-refractivity contribution < 1.29 is 19.8 Å². The number of nitrogens with zero attached hydrogens (tertiary/aromatic N) is 1. The average Bonchev–Trinajstić information content (AvgIpc) is 2.70. The molecule has 0 bridgehead atoms. The Balaban J connectivity index is 1.86. The highest BCUT2D eigenvalue weighted by atomic mass is 16.4. The molecule has 1 aliphatic carbocycles. The van der Waals surface area contributed by atoms with Crippen molar-refractivity contribution >= 4 is 12.0 Å². The summed E-state index contributed by atoms with van der Waals surface area (Å²) in [5.41, 5.74) is 0.282. The van der Waals surface area contributed by atoms with Crippen LogP contribution in [0.25, 0.3) is 0 Å². The number of urea groups is 1. The maximum atomic E-state index is 11.9. The van der Waals surface area contributed by atoms with Crippen molar-refractivity contribution in [2.24, 2.45) is 11.3 Å². The number of amides is 2. The molecule has 2 amide bonds. The fourth-order valence-corrected chi connectivity index (χ4v) is 2.51. The fourth-order valence-electron chi connectivity index (χ4n) is 2.51. The van der Waals surface area contributed by atoms with Crippen molar-refractivity contribution in [1.82, 2.24) is 10.2 Å². The number of carboxylic acids is 1. The third-order valence-electron chi connectivity index (χ3n) is 4.04. The minimum atomic E-state index is -1.06. The molecule has 18 heavy (non-hydrogen) atoms. The molecule has 0 radical (unpaired) electrons. The number of aliphatic hydroxyl groups is 1. The molecule has 1 saturated carbocycles. The number of aliphatic carboxylic acids is 1. The van der Waals surface area contributed by atoms with E-state index in [1.807, 2.05) is 0 Å². The van der Waals surface area contributed by atoms with Gasteiger partial charge in [-0.3, -0.25) is 0 Å². The first-order valence-electron chi connectivity index (χ1n) is 6.26. The van der Waals surface area contributed by atoms with Gasteiger partial charge >= 0.3 is 12.0 Å². The van der Waals surface area contributed by atoms with Gasteiger partial charge in [0, 0.05) is 19.5 Å². The first-order valence-corrected chi connectivity index (χ1v) is 6.26. The van der Waals surface area contributed by atoms with E-state index in [0.717, 1.165) is 6.42 Å². The number of aliphatic hydroxyl groups excluding tert-OH is 1. The second kappa shape index (κ2) is 4.42. The van der Waals surface area contributed by atoms with E-state index in [0.29, 0.717) is 12.5 Å². The molecule has 6 nitrogen and oxygen atoms in total. The largest absolute Gasteiger partial charge is 0.480 e. The Morgan fingerprint density at radius 3 is 2.56 bits per heavy atom. The van der Waals surface area contributed by atoms with Gasteiger partial charge in [-0.25, -0.2) is 9.59 Å². The van der Waals surface area contributed by atoms with Crippen LogP contribution in [-0.2, 0) is 4.79 Å². The maximum absolute atomic E-state index is 11.9. The van der Waals surface area contributed by atoms with E-state index in [-0.39, 0.29) is 24.4 Å². The molecule has 0 aromatic heterocycles. The topological polar surface area (TPSA) is 89.9 Å². The molecule has 0 spiro atoms. The number of carbonyl (C=O) groups is 2. The summed E-state index contributed by atoms with van der Waals surface area (Å²) in [6, 6.07) is -1.30. The van der Waals surface area contributed by atoms with Crippen molar-refractivity contribution in [2.45, 2.75) is 38.8 Å². The third kappa shape index (κ3) is 2.58. The van der Waals surface area contributed by atoms with Gasteiger partial charge in [0.15, 0.2) is 0 Å². The summed E-state index contributed by atoms with van der Waals surface area (Å²) in [5, 5.41) is 21.2. The lowest BCUT2D eigenvalue weighted by molar-refractivity contribution is -0.141. The van der Waals surface area contributed by atoms with E-state index in [2.05, 4.69) is 19.2 Å². The van der Waals surface area contributed by atoms with Gasteiger partial charge in [-0.05, 0) is 17.8 Å². The van der Waals surface area contributed by atoms with Crippen molar-refractivity contribution in [3.63, 3.8) is 0 Å². The monoisotopic (exact) mass is 256 g/mol. The number of nitrogens with one attached hydrogen (secondary N) is 1. The van der Waals surface area contributed by atoms with Crippen LogP contribution in [0, 0.1) is 11.3 Å². The molecule has 1 heterocycles. The lowest BCUT2D eigenvalue weighted by Gasteiger charge is -2.21. The second-order valence-corrected chi connectivity index (χ2v) is 5.97. The first kappa shape index (κ1) is 13.1. The lowest BCUT2D eigenvalue weighted by atomic mass is 10.1. The Bertz CT molecular complexity index is 369. The molecule has 3 N–H and O–H groups in total. The molecule has 0 aromatic carbocycles. The molecule has 1 aliphatic heterocycles. The van der Waals surface area contributed by atoms with Crippen LogP contribution in [0.1, 0.15) is 26.7 Å². The van der Waals surface area contributed by atoms with E-state index in [1.165, 1.54) is 4.90 Å². The Hall–Kier alpha value is -1.30. The van der Waals surface area contributed by atoms with Crippen LogP contribution in [0.5, 0.6) is 0 Å². The summed E-state index contributed by atoms with van der Waals surface area (Å²) in [6.07, 6.45) is 0.449. The van der Waals surface area contributed by atoms with E-state index in [1.54, 1.807) is 0 Å². The second-order valence-electron chi connectivity index (χ2n) is 5.97. The zero-order chi connectivity index (χ0) is 13.5. The Morgan fingerprint density at radius 2 is 2.06 bits per heavy atom. The van der Waals surface area contributed by atoms with Crippen molar-refractivity contribution in [3.8, 4) is 0 Å². The maximum Gasteiger partial charge on any atom is 0.326 e. The van der Waals surface area contributed by atoms with E-state index >= 15 is 0 Å². The van der Waals surface area contributed by atoms with Crippen molar-refractivity contribution in [1.29, 1.82) is 0 Å². The minimum Gasteiger partial charge on any atom is -0.480 e. The van der Waals surface area contributed by atoms with Gasteiger partial charge in [-0.15, -0.1) is 0 Å². The van der Waals surface area contributed by atoms with Gasteiger partial charge in [-0.1, -0.05) is 13.8 Å². The van der Waals surface area contributed by atoms with E-state index in [4.69, 9.17) is 5.11 Å². The van der Waals surface area contributed by atoms with Gasteiger partial charge in [0.05, 0.1) is 6.10 Å². The molecule has 1 unspecified atom stereocenters. The fraction of sp³-hybridized carbons (Fsp3) is 0.833. The van der Waals surface area contributed by atoms with E-state index < -0.39 is 18.1 Å². The van der Waals surface area contributed by atoms with Crippen LogP contribution in [0.3, 0.4) is 0 Å². The summed E-state index contributed by atoms with van der Waals surface area (Å²) in [7, 11) is 0. The van der Waals surface area contributed by atoms with Gasteiger partial charge in [0.2, 0.25) is 0 Å². The van der Waals surface area contributed by atoms with Gasteiger partial charge in [0.1, 0.15) is 6.04 Å². The van der Waals surface area contributed by atoms with Crippen LogP contribution >= 0.6 is 0 Å². The van der Waals surface area contributed by atoms with Gasteiger partial charge in [-0.2, -0.15) is 0 Å². The number of hydrogen-bond acceptors (Lipinski definition) is 3. The smallest absolute Gasteiger partial charge is 0.326 e. The number of likely N-dealkylation sites (tertiary alicyclic amines) is 1. The SMILES string of the molecule is CC1(C)CC1CNC(=O)N1C[C@@H](O)C[C@H]1C(=O)O. The predicted molar refractivity (Wildman–Crippen MR) is 64.0 cm³/mol. The highest BCUT2D eigenvalue weighted by Gasteiger charge is 2.46. The molecule has 6 heteroatoms. The number of β-amino-alcohol motifs (C(OH)–C–C–N with tert-alkyl or cyclic N) is 1. The summed E-state index contributed by atoms with van der Waals surface area (Å²) in [4.78, 5) is 24.1. The van der Waals surface area contributed by atoms with Crippen LogP contribution in [0.15, 0.2) is 0 Å². The molecular formula is C12H20N2O4. The lowest BCUT2D eigenvalue weighted by Crippen LogP contribution is -2.46. The predicted octanol–water partition coefficient (Wildman–Crippen LogP) is 0.262. The molecule has 2 rings (SSSR count). The molecule has 0 aromatic rings. The number of carboxylic acid groups (broad SMARTS) is 1. The molecule has 102 valence electrons. The molecular weight excluding hydrogens is 236 g/mol. The molecule has 3 atom stereocenters. The summed E-state index contributed by atoms with van der Waals surface area (Å²) in [5.74, 6) is -0.592. The standard InChI is InChI=1S/C12H20N2O4/c1-12(2)4-7(12)5-13-11(18)14-6-8(15)3-9(14)10(16)17/h7-9,15H,3-6H2,1-2H3,(H,13,18)(H,16,17)/t7?,8-,9-/m0/s1. The van der Waals surface area contributed by atoms with Crippen molar-refractivity contribution in [3.05, 3.63) is 0 Å². The molecule has 2 aliphatic rings. The number of rotatable bonds is 3. The van der Waals surface area contributed by atoms with E-state index in [9.17, 15) is 14.7 Å². The van der Waals surface area contributed by atoms with Crippen molar-refractivity contribution in [2.75, 3.05) is 13.1 Å². The van der Waals surface area contributed by atoms with Gasteiger partial charge in [0.25, 0.3) is 0 Å². The third-order valence-corrected chi connectivity index (χ3v) is 4.04. The highest BCUT2D eigenvalue weighted by molar-refractivity contribution is 5.83. The summed E-state index contributed by atoms with van der Waals surface area (Å²) in [6.45, 7) is 4.95. The highest BCUT2D eigenvalue weighted by Crippen LogP contribution is 2.50. The Labute approximate surface area is 106 Å². The van der Waals surface area contributed by atoms with Crippen LogP contribution in [-0.4, -0.2) is 52.3 Å². The zero-order valence-electron chi connectivity index (χ0n) is 10.7. The summed E-state index contributed by atoms with van der Waals surface area (Å²) >= 11 is 0. The van der Waals surface area contributed by atoms with Crippen LogP contribution in [0.4, 0.5) is 4.79 Å². The first-order chi connectivity index (χ1) is 8.31. The average molecular weight is 256 g/mol. The Kier molecular flexibility index (Phi) is 3.23. The molecule has 2 fully saturated rings. The number of carbonyl (C=O) groups excluding carboxylic acids is 1. The minimum absolute atomic E-state index is 0.0941. The number of hydrogen-bond donors (Lipinski definition) is 3. The quantitative estimate of drug-likeness (QED) is 0.675. The summed E-state index contributed by atoms with van der Waals surface area (Å²) < 4.78 is 0. The zero-order valence-corrected chi connectivity index (χ0v) is 10.7. The van der Waals surface area contributed by atoms with Crippen LogP contribution in [0.2, 0.25) is 0 Å². The Morgan fingerprint density at radius 1 is 1.44 bits per heavy atom. The van der Waals surface area contributed by atoms with Crippen LogP contribution < -0.4 is 5.32 Å².